The van der Waals surface area contributed by atoms with Gasteiger partial charge in [-0.3, -0.25) is 4.79 Å². The van der Waals surface area contributed by atoms with Gasteiger partial charge in [0.25, 0.3) is 0 Å². The third-order valence-electron chi connectivity index (χ3n) is 4.33. The van der Waals surface area contributed by atoms with Crippen molar-refractivity contribution < 1.29 is 4.79 Å². The predicted octanol–water partition coefficient (Wildman–Crippen LogP) is 0.395. The van der Waals surface area contributed by atoms with E-state index in [0.29, 0.717) is 17.9 Å². The summed E-state index contributed by atoms with van der Waals surface area (Å²) in [5, 5.41) is 3.31. The van der Waals surface area contributed by atoms with Gasteiger partial charge in [-0.05, 0) is 38.9 Å². The highest BCUT2D eigenvalue weighted by Crippen LogP contribution is 2.21. The minimum absolute atomic E-state index is 0.187. The molecule has 2 aliphatic rings. The Morgan fingerprint density at radius 3 is 2.76 bits per heavy atom. The van der Waals surface area contributed by atoms with Crippen LogP contribution in [0, 0.1) is 11.8 Å². The summed E-state index contributed by atoms with van der Waals surface area (Å²) in [4.78, 5) is 16.8. The lowest BCUT2D eigenvalue weighted by Gasteiger charge is -2.37. The number of rotatable bonds is 2. The summed E-state index contributed by atoms with van der Waals surface area (Å²) >= 11 is 0. The molecule has 3 unspecified atom stereocenters. The van der Waals surface area contributed by atoms with Crippen LogP contribution in [0.15, 0.2) is 0 Å². The van der Waals surface area contributed by atoms with Gasteiger partial charge in [-0.25, -0.2) is 0 Å². The van der Waals surface area contributed by atoms with Crippen LogP contribution in [-0.4, -0.2) is 62.0 Å². The number of amides is 1. The smallest absolute Gasteiger partial charge is 0.227 e. The molecule has 0 spiro atoms. The number of hydrogen-bond acceptors (Lipinski definition) is 3. The van der Waals surface area contributed by atoms with Crippen molar-refractivity contribution in [2.24, 2.45) is 11.8 Å². The molecule has 2 fully saturated rings. The van der Waals surface area contributed by atoms with Crippen molar-refractivity contribution >= 4 is 5.91 Å². The normalized spacial score (nSPS) is 34.9. The van der Waals surface area contributed by atoms with Gasteiger partial charge in [0.05, 0.1) is 5.92 Å². The van der Waals surface area contributed by atoms with Gasteiger partial charge in [0.15, 0.2) is 0 Å². The molecular weight excluding hydrogens is 214 g/mol. The second-order valence-electron chi connectivity index (χ2n) is 5.75. The molecule has 0 radical (unpaired) electrons. The second-order valence-corrected chi connectivity index (χ2v) is 5.75. The van der Waals surface area contributed by atoms with E-state index in [9.17, 15) is 4.79 Å². The molecule has 0 aromatic rings. The summed E-state index contributed by atoms with van der Waals surface area (Å²) in [5.41, 5.74) is 0. The molecule has 17 heavy (non-hydrogen) atoms. The topological polar surface area (TPSA) is 35.6 Å². The first-order valence-corrected chi connectivity index (χ1v) is 6.75. The van der Waals surface area contributed by atoms with Gasteiger partial charge >= 0.3 is 0 Å². The Balaban J connectivity index is 1.94. The summed E-state index contributed by atoms with van der Waals surface area (Å²) in [7, 11) is 4.13. The van der Waals surface area contributed by atoms with E-state index in [2.05, 4.69) is 24.2 Å². The van der Waals surface area contributed by atoms with Crippen LogP contribution >= 0.6 is 0 Å². The minimum Gasteiger partial charge on any atom is -0.341 e. The summed E-state index contributed by atoms with van der Waals surface area (Å²) in [6, 6.07) is 0.411. The molecule has 0 aliphatic carbocycles. The molecule has 4 nitrogen and oxygen atoms in total. The summed E-state index contributed by atoms with van der Waals surface area (Å²) in [6.07, 6.45) is 2.36. The number of carbonyl (C=O) groups excluding carboxylic acids is 1. The molecular formula is C13H25N3O. The zero-order valence-corrected chi connectivity index (χ0v) is 11.3. The van der Waals surface area contributed by atoms with Crippen molar-refractivity contribution in [1.82, 2.24) is 15.1 Å². The van der Waals surface area contributed by atoms with Gasteiger partial charge in [0.2, 0.25) is 5.91 Å². The highest BCUT2D eigenvalue weighted by atomic mass is 16.2. The Morgan fingerprint density at radius 2 is 2.18 bits per heavy atom. The maximum atomic E-state index is 12.4. The van der Waals surface area contributed by atoms with Gasteiger partial charge in [-0.15, -0.1) is 0 Å². The Labute approximate surface area is 104 Å². The van der Waals surface area contributed by atoms with E-state index in [1.165, 1.54) is 13.0 Å². The number of nitrogens with zero attached hydrogens (tertiary/aromatic N) is 2. The lowest BCUT2D eigenvalue weighted by molar-refractivity contribution is -0.137. The largest absolute Gasteiger partial charge is 0.341 e. The standard InChI is InChI=1S/C13H25N3O/c1-10-7-14-8-12(10)13(17)16(3)11-5-4-6-15(2)9-11/h10-12,14H,4-9H2,1-3H3. The summed E-state index contributed by atoms with van der Waals surface area (Å²) < 4.78 is 0. The van der Waals surface area contributed by atoms with Crippen molar-refractivity contribution in [3.63, 3.8) is 0 Å². The fourth-order valence-corrected chi connectivity index (χ4v) is 3.04. The molecule has 2 aliphatic heterocycles. The Bertz CT molecular complexity index is 282. The first kappa shape index (κ1) is 12.8. The lowest BCUT2D eigenvalue weighted by atomic mass is 9.95. The van der Waals surface area contributed by atoms with Gasteiger partial charge in [-0.1, -0.05) is 6.92 Å². The molecule has 0 saturated carbocycles. The molecule has 3 atom stereocenters. The zero-order chi connectivity index (χ0) is 12.4. The van der Waals surface area contributed by atoms with Crippen LogP contribution in [0.1, 0.15) is 19.8 Å². The molecule has 2 rings (SSSR count). The van der Waals surface area contributed by atoms with Crippen molar-refractivity contribution in [3.05, 3.63) is 0 Å². The fraction of sp³-hybridized carbons (Fsp3) is 0.923. The molecule has 2 heterocycles. The van der Waals surface area contributed by atoms with Crippen LogP contribution in [0.25, 0.3) is 0 Å². The maximum Gasteiger partial charge on any atom is 0.227 e. The van der Waals surface area contributed by atoms with Crippen molar-refractivity contribution in [3.8, 4) is 0 Å². The number of likely N-dealkylation sites (tertiary alicyclic amines) is 1. The highest BCUT2D eigenvalue weighted by Gasteiger charge is 2.34. The van der Waals surface area contributed by atoms with Gasteiger partial charge in [-0.2, -0.15) is 0 Å². The first-order chi connectivity index (χ1) is 8.09. The highest BCUT2D eigenvalue weighted by molar-refractivity contribution is 5.79. The Hall–Kier alpha value is -0.610. The predicted molar refractivity (Wildman–Crippen MR) is 68.8 cm³/mol. The second kappa shape index (κ2) is 5.36. The van der Waals surface area contributed by atoms with E-state index < -0.39 is 0 Å². The number of piperidine rings is 1. The summed E-state index contributed by atoms with van der Waals surface area (Å²) in [5.74, 6) is 1.00. The molecule has 0 aromatic carbocycles. The molecule has 2 saturated heterocycles. The number of nitrogens with one attached hydrogen (secondary N) is 1. The quantitative estimate of drug-likeness (QED) is 0.757. The number of hydrogen-bond donors (Lipinski definition) is 1. The molecule has 98 valence electrons. The van der Waals surface area contributed by atoms with E-state index in [1.54, 1.807) is 0 Å². The molecule has 0 bridgehead atoms. The van der Waals surface area contributed by atoms with Gasteiger partial charge in [0.1, 0.15) is 0 Å². The number of carbonyl (C=O) groups is 1. The third kappa shape index (κ3) is 2.80. The van der Waals surface area contributed by atoms with Crippen molar-refractivity contribution in [1.29, 1.82) is 0 Å². The Kier molecular flexibility index (Phi) is 4.05. The average molecular weight is 239 g/mol. The average Bonchev–Trinajstić information content (AvgIpc) is 2.73. The van der Waals surface area contributed by atoms with Crippen LogP contribution in [0.4, 0.5) is 0 Å². The fourth-order valence-electron chi connectivity index (χ4n) is 3.04. The van der Waals surface area contributed by atoms with Crippen molar-refractivity contribution in [2.45, 2.75) is 25.8 Å². The van der Waals surface area contributed by atoms with Crippen LogP contribution in [-0.2, 0) is 4.79 Å². The van der Waals surface area contributed by atoms with E-state index >= 15 is 0 Å². The minimum atomic E-state index is 0.187. The lowest BCUT2D eigenvalue weighted by Crippen LogP contribution is -2.49. The molecule has 0 aromatic heterocycles. The van der Waals surface area contributed by atoms with E-state index in [1.807, 2.05) is 11.9 Å². The third-order valence-corrected chi connectivity index (χ3v) is 4.33. The summed E-state index contributed by atoms with van der Waals surface area (Å²) in [6.45, 7) is 6.20. The Morgan fingerprint density at radius 1 is 1.41 bits per heavy atom. The maximum absolute atomic E-state index is 12.4. The van der Waals surface area contributed by atoms with Crippen LogP contribution in [0.3, 0.4) is 0 Å². The number of likely N-dealkylation sites (N-methyl/N-ethyl adjacent to an activating group) is 2. The molecule has 1 amide bonds. The SMILES string of the molecule is CC1CNCC1C(=O)N(C)C1CCCN(C)C1. The van der Waals surface area contributed by atoms with Gasteiger partial charge < -0.3 is 15.1 Å². The van der Waals surface area contributed by atoms with Gasteiger partial charge in [0, 0.05) is 26.2 Å². The van der Waals surface area contributed by atoms with E-state index in [-0.39, 0.29) is 5.92 Å². The van der Waals surface area contributed by atoms with E-state index in [0.717, 1.165) is 26.1 Å². The van der Waals surface area contributed by atoms with Crippen LogP contribution in [0.2, 0.25) is 0 Å². The molecule has 1 N–H and O–H groups in total. The van der Waals surface area contributed by atoms with Crippen LogP contribution in [0.5, 0.6) is 0 Å². The van der Waals surface area contributed by atoms with E-state index in [4.69, 9.17) is 0 Å². The van der Waals surface area contributed by atoms with Crippen LogP contribution < -0.4 is 5.32 Å². The molecule has 4 heteroatoms. The first-order valence-electron chi connectivity index (χ1n) is 6.75. The van der Waals surface area contributed by atoms with Crippen molar-refractivity contribution in [2.75, 3.05) is 40.3 Å². The monoisotopic (exact) mass is 239 g/mol. The zero-order valence-electron chi connectivity index (χ0n) is 11.3.